The van der Waals surface area contributed by atoms with Crippen molar-refractivity contribution < 1.29 is 9.32 Å². The average molecular weight is 457 g/mol. The number of carbonyl (C=O) groups is 1. The van der Waals surface area contributed by atoms with Crippen molar-refractivity contribution in [2.45, 2.75) is 39.0 Å². The smallest absolute Gasteiger partial charge is 0.264 e. The first-order valence-corrected chi connectivity index (χ1v) is 12.8. The lowest BCUT2D eigenvalue weighted by atomic mass is 9.90. The lowest BCUT2D eigenvalue weighted by Crippen LogP contribution is -2.48. The molecule has 6 nitrogen and oxygen atoms in total. The summed E-state index contributed by atoms with van der Waals surface area (Å²) in [6.45, 7) is 6.77. The summed E-state index contributed by atoms with van der Waals surface area (Å²) >= 11 is 3.34. The molecule has 1 amide bonds. The summed E-state index contributed by atoms with van der Waals surface area (Å²) in [5, 5.41) is 6.09. The molecule has 8 heteroatoms. The number of nitrogens with zero attached hydrogens (tertiary/aromatic N) is 4. The Labute approximate surface area is 190 Å². The minimum atomic E-state index is 0.221. The number of aryl methyl sites for hydroxylation is 2. The third-order valence-electron chi connectivity index (χ3n) is 6.27. The molecule has 2 aliphatic rings. The zero-order valence-electron chi connectivity index (χ0n) is 17.9. The van der Waals surface area contributed by atoms with Gasteiger partial charge in [-0.3, -0.25) is 9.69 Å². The van der Waals surface area contributed by atoms with E-state index in [9.17, 15) is 4.79 Å². The molecule has 0 saturated carbocycles. The molecule has 0 N–H and O–H groups in total. The Kier molecular flexibility index (Phi) is 6.20. The molecule has 1 aliphatic carbocycles. The van der Waals surface area contributed by atoms with Crippen molar-refractivity contribution >= 4 is 28.6 Å². The third kappa shape index (κ3) is 4.76. The summed E-state index contributed by atoms with van der Waals surface area (Å²) in [6, 6.07) is 6.17. The maximum atomic E-state index is 13.0. The zero-order chi connectivity index (χ0) is 21.2. The van der Waals surface area contributed by atoms with E-state index in [0.717, 1.165) is 74.1 Å². The van der Waals surface area contributed by atoms with Crippen LogP contribution < -0.4 is 0 Å². The van der Waals surface area contributed by atoms with Gasteiger partial charge in [-0.15, -0.1) is 22.7 Å². The highest BCUT2D eigenvalue weighted by molar-refractivity contribution is 7.14. The molecule has 31 heavy (non-hydrogen) atoms. The van der Waals surface area contributed by atoms with Gasteiger partial charge in [-0.2, -0.15) is 4.98 Å². The maximum Gasteiger partial charge on any atom is 0.264 e. The first-order chi connectivity index (χ1) is 15.2. The van der Waals surface area contributed by atoms with Gasteiger partial charge in [-0.1, -0.05) is 18.1 Å². The van der Waals surface area contributed by atoms with Gasteiger partial charge in [0, 0.05) is 37.5 Å². The Morgan fingerprint density at radius 2 is 2.16 bits per heavy atom. The van der Waals surface area contributed by atoms with Gasteiger partial charge < -0.3 is 9.42 Å². The lowest BCUT2D eigenvalue weighted by molar-refractivity contribution is 0.0640. The van der Waals surface area contributed by atoms with E-state index in [0.29, 0.717) is 11.7 Å². The van der Waals surface area contributed by atoms with Crippen LogP contribution in [0.4, 0.5) is 0 Å². The number of carbonyl (C=O) groups excluding carboxylic acids is 1. The molecule has 0 aromatic carbocycles. The van der Waals surface area contributed by atoms with E-state index >= 15 is 0 Å². The van der Waals surface area contributed by atoms with Crippen molar-refractivity contribution in [3.63, 3.8) is 0 Å². The fourth-order valence-electron chi connectivity index (χ4n) is 4.46. The van der Waals surface area contributed by atoms with Crippen LogP contribution in [0.2, 0.25) is 0 Å². The Balaban J connectivity index is 1.07. The number of hydrogen-bond acceptors (Lipinski definition) is 7. The molecule has 1 saturated heterocycles. The maximum absolute atomic E-state index is 13.0. The molecule has 5 rings (SSSR count). The second-order valence-corrected chi connectivity index (χ2v) is 10.7. The fraction of sp³-hybridized carbons (Fsp3) is 0.522. The van der Waals surface area contributed by atoms with E-state index in [4.69, 9.17) is 4.52 Å². The van der Waals surface area contributed by atoms with Crippen molar-refractivity contribution in [3.05, 3.63) is 44.8 Å². The third-order valence-corrected chi connectivity index (χ3v) is 8.37. The summed E-state index contributed by atoms with van der Waals surface area (Å²) < 4.78 is 5.39. The summed E-state index contributed by atoms with van der Waals surface area (Å²) in [5.74, 6) is 2.34. The zero-order valence-corrected chi connectivity index (χ0v) is 19.5. The Hall–Kier alpha value is -2.03. The molecule has 164 valence electrons. The Bertz CT molecular complexity index is 1020. The Morgan fingerprint density at radius 3 is 2.97 bits per heavy atom. The largest absolute Gasteiger partial charge is 0.339 e. The molecule has 0 bridgehead atoms. The van der Waals surface area contributed by atoms with Crippen molar-refractivity contribution in [3.8, 4) is 10.7 Å². The van der Waals surface area contributed by atoms with Crippen LogP contribution in [0.15, 0.2) is 28.1 Å². The summed E-state index contributed by atoms with van der Waals surface area (Å²) in [7, 11) is 0. The molecule has 0 spiro atoms. The molecule has 3 aromatic rings. The fourth-order valence-corrected chi connectivity index (χ4v) is 6.28. The first kappa shape index (κ1) is 20.8. The number of aromatic nitrogens is 2. The number of piperazine rings is 1. The Morgan fingerprint density at radius 1 is 1.29 bits per heavy atom. The van der Waals surface area contributed by atoms with Crippen LogP contribution in [0.3, 0.4) is 0 Å². The second-order valence-electron chi connectivity index (χ2n) is 8.63. The van der Waals surface area contributed by atoms with Crippen molar-refractivity contribution in [2.75, 3.05) is 32.7 Å². The normalized spacial score (nSPS) is 19.5. The van der Waals surface area contributed by atoms with E-state index in [2.05, 4.69) is 28.0 Å². The molecule has 3 aromatic heterocycles. The van der Waals surface area contributed by atoms with Crippen LogP contribution in [0.1, 0.15) is 45.8 Å². The molecule has 0 radical (unpaired) electrons. The highest BCUT2D eigenvalue weighted by Crippen LogP contribution is 2.33. The number of fused-ring (bicyclic) bond motifs is 1. The number of amides is 1. The van der Waals surface area contributed by atoms with E-state index in [1.165, 1.54) is 16.9 Å². The quantitative estimate of drug-likeness (QED) is 0.551. The van der Waals surface area contributed by atoms with Crippen LogP contribution in [-0.2, 0) is 19.3 Å². The molecule has 1 unspecified atom stereocenters. The van der Waals surface area contributed by atoms with E-state index in [1.54, 1.807) is 22.7 Å². The van der Waals surface area contributed by atoms with E-state index in [1.807, 2.05) is 22.4 Å². The average Bonchev–Trinajstić information content (AvgIpc) is 3.53. The lowest BCUT2D eigenvalue weighted by Gasteiger charge is -2.34. The van der Waals surface area contributed by atoms with Gasteiger partial charge in [-0.05, 0) is 61.2 Å². The van der Waals surface area contributed by atoms with Gasteiger partial charge in [0.2, 0.25) is 11.7 Å². The standard InChI is InChI=1S/C23H28N4O2S2/c1-16-6-7-18-17(14-16)15-20(31-18)23(28)27-11-9-26(10-12-27)8-2-5-21-24-22(25-29-21)19-4-3-13-30-19/h3-4,13,15-16H,2,5-12,14H2,1H3. The minimum Gasteiger partial charge on any atom is -0.339 e. The second kappa shape index (κ2) is 9.22. The molecule has 1 fully saturated rings. The van der Waals surface area contributed by atoms with Crippen LogP contribution in [0.25, 0.3) is 10.7 Å². The van der Waals surface area contributed by atoms with E-state index in [-0.39, 0.29) is 5.91 Å². The SMILES string of the molecule is CC1CCc2sc(C(=O)N3CCN(CCCc4nc(-c5cccs5)no4)CC3)cc2C1. The summed E-state index contributed by atoms with van der Waals surface area (Å²) in [5.41, 5.74) is 1.41. The molecular formula is C23H28N4O2S2. The summed E-state index contributed by atoms with van der Waals surface area (Å²) in [4.78, 5) is 25.4. The van der Waals surface area contributed by atoms with Crippen LogP contribution in [0, 0.1) is 5.92 Å². The number of rotatable bonds is 6. The minimum absolute atomic E-state index is 0.221. The highest BCUT2D eigenvalue weighted by atomic mass is 32.1. The van der Waals surface area contributed by atoms with Crippen LogP contribution >= 0.6 is 22.7 Å². The number of thiophene rings is 2. The van der Waals surface area contributed by atoms with Gasteiger partial charge in [0.1, 0.15) is 0 Å². The van der Waals surface area contributed by atoms with Gasteiger partial charge in [-0.25, -0.2) is 0 Å². The topological polar surface area (TPSA) is 62.5 Å². The predicted molar refractivity (Wildman–Crippen MR) is 124 cm³/mol. The predicted octanol–water partition coefficient (Wildman–Crippen LogP) is 4.38. The van der Waals surface area contributed by atoms with Crippen molar-refractivity contribution in [1.29, 1.82) is 0 Å². The van der Waals surface area contributed by atoms with Gasteiger partial charge in [0.25, 0.3) is 5.91 Å². The van der Waals surface area contributed by atoms with Crippen LogP contribution in [-0.4, -0.2) is 58.6 Å². The van der Waals surface area contributed by atoms with Gasteiger partial charge in [0.05, 0.1) is 9.75 Å². The van der Waals surface area contributed by atoms with Crippen molar-refractivity contribution in [1.82, 2.24) is 19.9 Å². The number of hydrogen-bond donors (Lipinski definition) is 0. The molecule has 4 heterocycles. The molecular weight excluding hydrogens is 428 g/mol. The first-order valence-electron chi connectivity index (χ1n) is 11.2. The molecule has 1 aliphatic heterocycles. The van der Waals surface area contributed by atoms with Crippen molar-refractivity contribution in [2.24, 2.45) is 5.92 Å². The highest BCUT2D eigenvalue weighted by Gasteiger charge is 2.26. The monoisotopic (exact) mass is 456 g/mol. The van der Waals surface area contributed by atoms with Gasteiger partial charge >= 0.3 is 0 Å². The van der Waals surface area contributed by atoms with Gasteiger partial charge in [0.15, 0.2) is 0 Å². The van der Waals surface area contributed by atoms with Crippen LogP contribution in [0.5, 0.6) is 0 Å². The summed E-state index contributed by atoms with van der Waals surface area (Å²) in [6.07, 6.45) is 5.28. The van der Waals surface area contributed by atoms with E-state index < -0.39 is 0 Å². The molecule has 1 atom stereocenters.